The van der Waals surface area contributed by atoms with Crippen molar-refractivity contribution in [3.63, 3.8) is 0 Å². The van der Waals surface area contributed by atoms with Crippen molar-refractivity contribution in [2.24, 2.45) is 0 Å². The fourth-order valence-electron chi connectivity index (χ4n) is 1.81. The molecule has 0 aliphatic carbocycles. The summed E-state index contributed by atoms with van der Waals surface area (Å²) in [5.41, 5.74) is 0. The van der Waals surface area contributed by atoms with Gasteiger partial charge in [0.25, 0.3) is 0 Å². The summed E-state index contributed by atoms with van der Waals surface area (Å²) >= 11 is 11.4. The molecule has 0 fully saturated rings. The number of halogens is 2. The van der Waals surface area contributed by atoms with Crippen LogP contribution in [0.2, 0.25) is 0 Å². The maximum Gasteiger partial charge on any atom is 0.0730 e. The highest BCUT2D eigenvalue weighted by Gasteiger charge is 2.14. The molecule has 0 aromatic carbocycles. The number of unbranched alkanes of at least 4 members (excludes halogenated alkanes) is 7. The molecule has 2 nitrogen and oxygen atoms in total. The van der Waals surface area contributed by atoms with Crippen LogP contribution in [0.3, 0.4) is 0 Å². The van der Waals surface area contributed by atoms with Crippen molar-refractivity contribution >= 4 is 23.2 Å². The van der Waals surface area contributed by atoms with Crippen molar-refractivity contribution in [1.82, 2.24) is 0 Å². The summed E-state index contributed by atoms with van der Waals surface area (Å²) in [4.78, 5) is 0. The lowest BCUT2D eigenvalue weighted by Crippen LogP contribution is -2.21. The summed E-state index contributed by atoms with van der Waals surface area (Å²) in [6, 6.07) is 0. The van der Waals surface area contributed by atoms with Crippen LogP contribution in [0.1, 0.15) is 57.8 Å². The summed E-state index contributed by atoms with van der Waals surface area (Å²) in [7, 11) is 0. The number of aliphatic hydroxyl groups excluding tert-OH is 2. The molecular weight excluding hydrogens is 259 g/mol. The van der Waals surface area contributed by atoms with E-state index in [0.29, 0.717) is 12.5 Å². The molecule has 0 aromatic heterocycles. The maximum absolute atomic E-state index is 9.58. The van der Waals surface area contributed by atoms with E-state index in [1.54, 1.807) is 0 Å². The quantitative estimate of drug-likeness (QED) is 0.424. The van der Waals surface area contributed by atoms with Crippen molar-refractivity contribution in [2.75, 3.05) is 12.5 Å². The van der Waals surface area contributed by atoms with Gasteiger partial charge in [0.1, 0.15) is 0 Å². The topological polar surface area (TPSA) is 40.5 Å². The van der Waals surface area contributed by atoms with Gasteiger partial charge in [0.05, 0.1) is 11.5 Å². The average molecular weight is 285 g/mol. The van der Waals surface area contributed by atoms with E-state index in [1.807, 2.05) is 0 Å². The van der Waals surface area contributed by atoms with E-state index in [1.165, 1.54) is 25.7 Å². The molecule has 0 aliphatic rings. The van der Waals surface area contributed by atoms with Crippen LogP contribution in [0, 0.1) is 0 Å². The third-order valence-electron chi connectivity index (χ3n) is 2.97. The lowest BCUT2D eigenvalue weighted by molar-refractivity contribution is 0.160. The van der Waals surface area contributed by atoms with E-state index in [-0.39, 0.29) is 5.38 Å². The van der Waals surface area contributed by atoms with Crippen LogP contribution >= 0.6 is 23.2 Å². The van der Waals surface area contributed by atoms with E-state index >= 15 is 0 Å². The number of aliphatic hydroxyl groups is 2. The number of alkyl halides is 2. The highest BCUT2D eigenvalue weighted by atomic mass is 35.5. The Balaban J connectivity index is 3.13. The first-order valence-electron chi connectivity index (χ1n) is 6.71. The minimum atomic E-state index is -0.460. The van der Waals surface area contributed by atoms with Crippen LogP contribution in [-0.2, 0) is 0 Å². The second-order valence-corrected chi connectivity index (χ2v) is 5.45. The Morgan fingerprint density at radius 3 is 1.76 bits per heavy atom. The van der Waals surface area contributed by atoms with Crippen LogP contribution in [0.15, 0.2) is 0 Å². The molecule has 0 aromatic rings. The first-order valence-corrected chi connectivity index (χ1v) is 7.68. The van der Waals surface area contributed by atoms with E-state index < -0.39 is 6.10 Å². The largest absolute Gasteiger partial charge is 0.396 e. The van der Waals surface area contributed by atoms with Gasteiger partial charge in [-0.15, -0.1) is 23.2 Å². The molecule has 0 bridgehead atoms. The van der Waals surface area contributed by atoms with Gasteiger partial charge in [0.15, 0.2) is 0 Å². The Kier molecular flexibility index (Phi) is 13.3. The van der Waals surface area contributed by atoms with Crippen molar-refractivity contribution in [2.45, 2.75) is 69.3 Å². The Morgan fingerprint density at radius 2 is 1.29 bits per heavy atom. The molecule has 0 heterocycles. The normalized spacial score (nSPS) is 14.8. The molecule has 17 heavy (non-hydrogen) atoms. The zero-order valence-corrected chi connectivity index (χ0v) is 12.1. The van der Waals surface area contributed by atoms with Crippen LogP contribution in [-0.4, -0.2) is 34.2 Å². The SMILES string of the molecule is OCCCCCCCCCCC(O)C(Cl)CCl. The van der Waals surface area contributed by atoms with E-state index in [0.717, 1.165) is 32.1 Å². The summed E-state index contributed by atoms with van der Waals surface area (Å²) in [5.74, 6) is 0.313. The first-order chi connectivity index (χ1) is 8.22. The van der Waals surface area contributed by atoms with Crippen LogP contribution in [0.4, 0.5) is 0 Å². The maximum atomic E-state index is 9.58. The molecule has 0 saturated heterocycles. The lowest BCUT2D eigenvalue weighted by atomic mass is 10.0. The zero-order valence-electron chi connectivity index (χ0n) is 10.6. The molecular formula is C13H26Cl2O2. The summed E-state index contributed by atoms with van der Waals surface area (Å²) < 4.78 is 0. The average Bonchev–Trinajstić information content (AvgIpc) is 2.35. The summed E-state index contributed by atoms with van der Waals surface area (Å²) in [6.45, 7) is 0.318. The van der Waals surface area contributed by atoms with Gasteiger partial charge >= 0.3 is 0 Å². The minimum absolute atomic E-state index is 0.310. The Bertz CT molecular complexity index is 156. The van der Waals surface area contributed by atoms with Gasteiger partial charge in [0.2, 0.25) is 0 Å². The summed E-state index contributed by atoms with van der Waals surface area (Å²) in [6.07, 6.45) is 9.49. The predicted octanol–water partition coefficient (Wildman–Crippen LogP) is 3.70. The van der Waals surface area contributed by atoms with Crippen molar-refractivity contribution < 1.29 is 10.2 Å². The van der Waals surface area contributed by atoms with E-state index in [9.17, 15) is 5.11 Å². The monoisotopic (exact) mass is 284 g/mol. The first kappa shape index (κ1) is 17.5. The third-order valence-corrected chi connectivity index (χ3v) is 3.91. The minimum Gasteiger partial charge on any atom is -0.396 e. The molecule has 0 spiro atoms. The van der Waals surface area contributed by atoms with Crippen LogP contribution < -0.4 is 0 Å². The molecule has 2 N–H and O–H groups in total. The molecule has 4 heteroatoms. The van der Waals surface area contributed by atoms with Gasteiger partial charge in [-0.2, -0.15) is 0 Å². The van der Waals surface area contributed by atoms with Crippen LogP contribution in [0.5, 0.6) is 0 Å². The molecule has 104 valence electrons. The van der Waals surface area contributed by atoms with Gasteiger partial charge in [-0.05, 0) is 12.8 Å². The van der Waals surface area contributed by atoms with Crippen molar-refractivity contribution in [3.8, 4) is 0 Å². The molecule has 0 aliphatic heterocycles. The summed E-state index contributed by atoms with van der Waals surface area (Å²) in [5, 5.41) is 17.9. The molecule has 0 radical (unpaired) electrons. The van der Waals surface area contributed by atoms with Gasteiger partial charge in [-0.25, -0.2) is 0 Å². The van der Waals surface area contributed by atoms with Crippen LogP contribution in [0.25, 0.3) is 0 Å². The Labute approximate surface area is 115 Å². The van der Waals surface area contributed by atoms with Gasteiger partial charge < -0.3 is 10.2 Å². The van der Waals surface area contributed by atoms with Gasteiger partial charge in [-0.1, -0.05) is 44.9 Å². The Morgan fingerprint density at radius 1 is 0.824 bits per heavy atom. The van der Waals surface area contributed by atoms with Crippen molar-refractivity contribution in [3.05, 3.63) is 0 Å². The highest BCUT2D eigenvalue weighted by molar-refractivity contribution is 6.28. The van der Waals surface area contributed by atoms with Gasteiger partial charge in [0, 0.05) is 12.5 Å². The molecule has 2 atom stereocenters. The lowest BCUT2D eigenvalue weighted by Gasteiger charge is -2.13. The number of hydrogen-bond acceptors (Lipinski definition) is 2. The third kappa shape index (κ3) is 11.3. The molecule has 0 amide bonds. The molecule has 0 saturated carbocycles. The van der Waals surface area contributed by atoms with E-state index in [2.05, 4.69) is 0 Å². The number of hydrogen-bond donors (Lipinski definition) is 2. The highest BCUT2D eigenvalue weighted by Crippen LogP contribution is 2.14. The zero-order chi connectivity index (χ0) is 12.9. The standard InChI is InChI=1S/C13H26Cl2O2/c14-11-12(15)13(17)9-7-5-3-1-2-4-6-8-10-16/h12-13,16-17H,1-11H2. The predicted molar refractivity (Wildman–Crippen MR) is 75.0 cm³/mol. The Hall–Kier alpha value is 0.500. The van der Waals surface area contributed by atoms with Crippen molar-refractivity contribution in [1.29, 1.82) is 0 Å². The smallest absolute Gasteiger partial charge is 0.0730 e. The van der Waals surface area contributed by atoms with Gasteiger partial charge in [-0.3, -0.25) is 0 Å². The number of rotatable bonds is 12. The second kappa shape index (κ2) is 12.9. The fraction of sp³-hybridized carbons (Fsp3) is 1.00. The van der Waals surface area contributed by atoms with E-state index in [4.69, 9.17) is 28.3 Å². The fourth-order valence-corrected chi connectivity index (χ4v) is 2.14. The molecule has 2 unspecified atom stereocenters. The second-order valence-electron chi connectivity index (χ2n) is 4.58. The molecule has 0 rings (SSSR count).